The second kappa shape index (κ2) is 9.85. The van der Waals surface area contributed by atoms with Crippen molar-refractivity contribution >= 4 is 32.4 Å². The van der Waals surface area contributed by atoms with Gasteiger partial charge in [-0.05, 0) is 31.4 Å². The summed E-state index contributed by atoms with van der Waals surface area (Å²) < 4.78 is 27.1. The van der Waals surface area contributed by atoms with Crippen LogP contribution in [-0.2, 0) is 14.8 Å². The summed E-state index contributed by atoms with van der Waals surface area (Å²) in [4.78, 5) is 16.7. The monoisotopic (exact) mass is 409 g/mol. The third kappa shape index (κ3) is 6.32. The van der Waals surface area contributed by atoms with Crippen molar-refractivity contribution in [2.75, 3.05) is 10.8 Å². The Balaban J connectivity index is 2.09. The number of thiazole rings is 1. The molecule has 0 spiro atoms. The molecule has 0 saturated heterocycles. The van der Waals surface area contributed by atoms with Crippen LogP contribution in [0.2, 0.25) is 0 Å². The molecule has 8 heteroatoms. The first kappa shape index (κ1) is 21.4. The van der Waals surface area contributed by atoms with Crippen molar-refractivity contribution in [1.82, 2.24) is 10.3 Å². The van der Waals surface area contributed by atoms with Crippen molar-refractivity contribution in [3.8, 4) is 0 Å². The van der Waals surface area contributed by atoms with Crippen LogP contribution < -0.4 is 9.62 Å². The zero-order valence-corrected chi connectivity index (χ0v) is 17.6. The van der Waals surface area contributed by atoms with Gasteiger partial charge in [-0.25, -0.2) is 17.7 Å². The van der Waals surface area contributed by atoms with E-state index in [1.807, 2.05) is 6.92 Å². The highest BCUT2D eigenvalue weighted by Crippen LogP contribution is 2.25. The number of aromatic nitrogens is 1. The standard InChI is InChI=1S/C19H27N3O3S2/c1-15(2)8-7-9-16(3)21-18(23)14-22(19-20-12-13-26-19)27(24,25)17-10-5-4-6-11-17/h4-6,10-13,15-16H,7-9,14H2,1-3H3,(H,21,23). The van der Waals surface area contributed by atoms with Gasteiger partial charge in [-0.3, -0.25) is 4.79 Å². The fourth-order valence-electron chi connectivity index (χ4n) is 2.67. The molecule has 1 aromatic heterocycles. The third-order valence-corrected chi connectivity index (χ3v) is 6.74. The number of hydrogen-bond acceptors (Lipinski definition) is 5. The first-order valence-electron chi connectivity index (χ1n) is 9.07. The molecule has 0 aliphatic carbocycles. The molecule has 0 saturated carbocycles. The van der Waals surface area contributed by atoms with Crippen molar-refractivity contribution in [2.45, 2.75) is 51.0 Å². The predicted octanol–water partition coefficient (Wildman–Crippen LogP) is 3.67. The first-order valence-corrected chi connectivity index (χ1v) is 11.4. The Morgan fingerprint density at radius 3 is 2.48 bits per heavy atom. The molecule has 2 rings (SSSR count). The van der Waals surface area contributed by atoms with E-state index >= 15 is 0 Å². The summed E-state index contributed by atoms with van der Waals surface area (Å²) >= 11 is 1.19. The van der Waals surface area contributed by atoms with Crippen LogP contribution in [0.25, 0.3) is 0 Å². The van der Waals surface area contributed by atoms with Gasteiger partial charge in [-0.2, -0.15) is 0 Å². The summed E-state index contributed by atoms with van der Waals surface area (Å²) in [7, 11) is -3.86. The zero-order chi connectivity index (χ0) is 19.9. The smallest absolute Gasteiger partial charge is 0.266 e. The van der Waals surface area contributed by atoms with Crippen LogP contribution in [0.15, 0.2) is 46.8 Å². The molecule has 0 bridgehead atoms. The lowest BCUT2D eigenvalue weighted by Gasteiger charge is -2.22. The lowest BCUT2D eigenvalue weighted by Crippen LogP contribution is -2.43. The Bertz CT molecular complexity index is 806. The zero-order valence-electron chi connectivity index (χ0n) is 16.0. The van der Waals surface area contributed by atoms with Gasteiger partial charge >= 0.3 is 0 Å². The minimum atomic E-state index is -3.86. The molecule has 1 heterocycles. The molecule has 148 valence electrons. The SMILES string of the molecule is CC(C)CCCC(C)NC(=O)CN(c1nccs1)S(=O)(=O)c1ccccc1. The normalized spacial score (nSPS) is 12.7. The number of nitrogens with one attached hydrogen (secondary N) is 1. The van der Waals surface area contributed by atoms with Gasteiger partial charge in [0.1, 0.15) is 6.54 Å². The largest absolute Gasteiger partial charge is 0.352 e. The van der Waals surface area contributed by atoms with Crippen LogP contribution in [-0.4, -0.2) is 31.9 Å². The van der Waals surface area contributed by atoms with Crippen LogP contribution >= 0.6 is 11.3 Å². The second-order valence-corrected chi connectivity index (χ2v) is 9.67. The van der Waals surface area contributed by atoms with Gasteiger partial charge < -0.3 is 5.32 Å². The number of amides is 1. The van der Waals surface area contributed by atoms with Gasteiger partial charge in [0.25, 0.3) is 10.0 Å². The minimum absolute atomic E-state index is 0.00572. The third-order valence-electron chi connectivity index (χ3n) is 4.08. The highest BCUT2D eigenvalue weighted by molar-refractivity contribution is 7.93. The van der Waals surface area contributed by atoms with Crippen LogP contribution in [0.3, 0.4) is 0 Å². The van der Waals surface area contributed by atoms with E-state index < -0.39 is 10.0 Å². The van der Waals surface area contributed by atoms with E-state index in [1.54, 1.807) is 23.6 Å². The molecule has 0 aliphatic heterocycles. The van der Waals surface area contributed by atoms with E-state index in [0.29, 0.717) is 5.92 Å². The van der Waals surface area contributed by atoms with Gasteiger partial charge in [-0.1, -0.05) is 44.9 Å². The summed E-state index contributed by atoms with van der Waals surface area (Å²) in [6, 6.07) is 8.09. The molecule has 6 nitrogen and oxygen atoms in total. The van der Waals surface area contributed by atoms with E-state index in [4.69, 9.17) is 0 Å². The fourth-order valence-corrected chi connectivity index (χ4v) is 4.94. The molecule has 1 N–H and O–H groups in total. The van der Waals surface area contributed by atoms with Crippen LogP contribution in [0.1, 0.15) is 40.0 Å². The van der Waals surface area contributed by atoms with Gasteiger partial charge in [0.05, 0.1) is 4.90 Å². The summed E-state index contributed by atoms with van der Waals surface area (Å²) in [6.45, 7) is 5.99. The number of hydrogen-bond donors (Lipinski definition) is 1. The summed E-state index contributed by atoms with van der Waals surface area (Å²) in [5.74, 6) is 0.297. The molecule has 27 heavy (non-hydrogen) atoms. The van der Waals surface area contributed by atoms with Crippen molar-refractivity contribution in [3.63, 3.8) is 0 Å². The Hall–Kier alpha value is -1.93. The predicted molar refractivity (Wildman–Crippen MR) is 109 cm³/mol. The maximum atomic E-state index is 13.0. The minimum Gasteiger partial charge on any atom is -0.352 e. The lowest BCUT2D eigenvalue weighted by atomic mass is 10.0. The molecule has 1 amide bonds. The van der Waals surface area contributed by atoms with E-state index in [0.717, 1.165) is 23.6 Å². The molecule has 1 atom stereocenters. The number of carbonyl (C=O) groups excluding carboxylic acids is 1. The van der Waals surface area contributed by atoms with E-state index in [1.165, 1.54) is 29.7 Å². The first-order chi connectivity index (χ1) is 12.8. The fraction of sp³-hybridized carbons (Fsp3) is 0.474. The van der Waals surface area contributed by atoms with Crippen LogP contribution in [0.4, 0.5) is 5.13 Å². The maximum absolute atomic E-state index is 13.0. The quantitative estimate of drug-likeness (QED) is 0.649. The molecule has 1 unspecified atom stereocenters. The summed E-state index contributed by atoms with van der Waals surface area (Å²) in [6.07, 6.45) is 4.53. The van der Waals surface area contributed by atoms with Crippen molar-refractivity contribution < 1.29 is 13.2 Å². The van der Waals surface area contributed by atoms with E-state index in [9.17, 15) is 13.2 Å². The summed E-state index contributed by atoms with van der Waals surface area (Å²) in [5.41, 5.74) is 0. The Morgan fingerprint density at radius 2 is 1.89 bits per heavy atom. The highest BCUT2D eigenvalue weighted by Gasteiger charge is 2.29. The molecular formula is C19H27N3O3S2. The lowest BCUT2D eigenvalue weighted by molar-refractivity contribution is -0.120. The molecule has 0 aliphatic rings. The average Bonchev–Trinajstić information content (AvgIpc) is 3.14. The van der Waals surface area contributed by atoms with Crippen molar-refractivity contribution in [2.24, 2.45) is 5.92 Å². The average molecular weight is 410 g/mol. The topological polar surface area (TPSA) is 79.4 Å². The van der Waals surface area contributed by atoms with Crippen LogP contribution in [0.5, 0.6) is 0 Å². The molecule has 0 fully saturated rings. The van der Waals surface area contributed by atoms with Crippen molar-refractivity contribution in [3.05, 3.63) is 41.9 Å². The molecule has 0 radical (unpaired) electrons. The number of anilines is 1. The highest BCUT2D eigenvalue weighted by atomic mass is 32.2. The van der Waals surface area contributed by atoms with E-state index in [2.05, 4.69) is 24.1 Å². The number of nitrogens with zero attached hydrogens (tertiary/aromatic N) is 2. The molecule has 2 aromatic rings. The Labute approximate surface area is 165 Å². The number of rotatable bonds is 10. The summed E-state index contributed by atoms with van der Waals surface area (Å²) in [5, 5.41) is 4.87. The van der Waals surface area contributed by atoms with Gasteiger partial charge in [0, 0.05) is 17.6 Å². The van der Waals surface area contributed by atoms with Crippen molar-refractivity contribution in [1.29, 1.82) is 0 Å². The Kier molecular flexibility index (Phi) is 7.79. The molecule has 1 aromatic carbocycles. The Morgan fingerprint density at radius 1 is 1.19 bits per heavy atom. The van der Waals surface area contributed by atoms with Gasteiger partial charge in [-0.15, -0.1) is 11.3 Å². The number of benzene rings is 1. The second-order valence-electron chi connectivity index (χ2n) is 6.93. The maximum Gasteiger partial charge on any atom is 0.266 e. The van der Waals surface area contributed by atoms with E-state index in [-0.39, 0.29) is 28.5 Å². The number of sulfonamides is 1. The van der Waals surface area contributed by atoms with Gasteiger partial charge in [0.2, 0.25) is 5.91 Å². The van der Waals surface area contributed by atoms with Gasteiger partial charge in [0.15, 0.2) is 5.13 Å². The van der Waals surface area contributed by atoms with Crippen LogP contribution in [0, 0.1) is 5.92 Å². The number of carbonyl (C=O) groups is 1. The molecular weight excluding hydrogens is 382 g/mol.